The number of hydrogen-bond donors (Lipinski definition) is 4. The van der Waals surface area contributed by atoms with Gasteiger partial charge in [-0.25, -0.2) is 0 Å². The predicted molar refractivity (Wildman–Crippen MR) is 77.9 cm³/mol. The van der Waals surface area contributed by atoms with Crippen molar-refractivity contribution in [2.45, 2.75) is 24.1 Å². The van der Waals surface area contributed by atoms with Gasteiger partial charge in [-0.2, -0.15) is 4.98 Å². The average Bonchev–Trinajstić information content (AvgIpc) is 2.96. The molecule has 0 bridgehead atoms. The molecule has 0 unspecified atom stereocenters. The van der Waals surface area contributed by atoms with Gasteiger partial charge in [-0.1, -0.05) is 0 Å². The summed E-state index contributed by atoms with van der Waals surface area (Å²) in [6.07, 6.45) is -3.28. The van der Waals surface area contributed by atoms with E-state index in [1.807, 2.05) is 0 Å². The number of anilines is 3. The largest absolute Gasteiger partial charge is 0.809 e. The molecule has 0 aliphatic carbocycles. The number of hydrogen-bond acceptors (Lipinski definition) is 11. The fourth-order valence-electron chi connectivity index (χ4n) is 3.01. The van der Waals surface area contributed by atoms with E-state index in [2.05, 4.69) is 9.97 Å². The topological polar surface area (TPSA) is 191 Å². The van der Waals surface area contributed by atoms with Gasteiger partial charge < -0.3 is 44.8 Å². The summed E-state index contributed by atoms with van der Waals surface area (Å²) in [5, 5.41) is 16.7. The zero-order chi connectivity index (χ0) is 17.9. The van der Waals surface area contributed by atoms with Crippen LogP contribution in [0.5, 0.6) is 0 Å². The highest BCUT2D eigenvalue weighted by Crippen LogP contribution is 2.52. The van der Waals surface area contributed by atoms with Crippen molar-refractivity contribution in [1.82, 2.24) is 9.97 Å². The normalized spacial score (nSPS) is 30.0. The highest BCUT2D eigenvalue weighted by Gasteiger charge is 2.52. The Balaban J connectivity index is 1.99. The number of nitrogens with two attached hydrogens (primary N) is 1. The van der Waals surface area contributed by atoms with Crippen LogP contribution in [0.15, 0.2) is 4.79 Å². The Hall–Kier alpha value is -1.69. The third-order valence-corrected chi connectivity index (χ3v) is 5.63. The summed E-state index contributed by atoms with van der Waals surface area (Å²) >= 11 is 0. The van der Waals surface area contributed by atoms with E-state index in [1.54, 1.807) is 7.05 Å². The standard InChI is InChI=1S/C11H18N5O7P/c1-15-4-16(8-7(15)9(18)14-10(12)13-8)6-2-11(19,24(20,21)22)5(3-17)23-6/h5-6,17,19H,2-4H2,1H3,(H2,20,21,22)(H3,12,13,14,18)/p-2/t5-,6-,11-/m1/s1. The van der Waals surface area contributed by atoms with E-state index in [0.717, 1.165) is 0 Å². The molecule has 0 saturated carbocycles. The van der Waals surface area contributed by atoms with Gasteiger partial charge in [0.1, 0.15) is 23.4 Å². The summed E-state index contributed by atoms with van der Waals surface area (Å²) in [6.45, 7) is -0.765. The van der Waals surface area contributed by atoms with Gasteiger partial charge >= 0.3 is 0 Å². The smallest absolute Gasteiger partial charge is 0.278 e. The Kier molecular flexibility index (Phi) is 3.86. The van der Waals surface area contributed by atoms with Crippen molar-refractivity contribution in [3.8, 4) is 0 Å². The molecule has 2 aliphatic heterocycles. The first-order valence-electron chi connectivity index (χ1n) is 6.97. The number of rotatable bonds is 3. The molecular weight excluding hydrogens is 345 g/mol. The SMILES string of the molecule is CN1CN([C@H]2C[C@@](O)(P(=O)([O-])[O-])[C@@H](CO)O2)c2nc(N)[nH]c(=O)c21. The van der Waals surface area contributed by atoms with Crippen LogP contribution in [0.25, 0.3) is 0 Å². The number of nitrogen functional groups attached to an aromatic ring is 1. The Morgan fingerprint density at radius 1 is 1.58 bits per heavy atom. The molecule has 2 aliphatic rings. The summed E-state index contributed by atoms with van der Waals surface area (Å²) in [5.41, 5.74) is 5.23. The fraction of sp³-hybridized carbons (Fsp3) is 0.636. The Bertz CT molecular complexity index is 766. The molecule has 0 spiro atoms. The van der Waals surface area contributed by atoms with Crippen molar-refractivity contribution in [3.05, 3.63) is 10.4 Å². The maximum Gasteiger partial charge on any atom is 0.278 e. The molecule has 1 fully saturated rings. The van der Waals surface area contributed by atoms with Gasteiger partial charge in [-0.3, -0.25) is 9.78 Å². The van der Waals surface area contributed by atoms with Crippen molar-refractivity contribution in [1.29, 1.82) is 0 Å². The van der Waals surface area contributed by atoms with Crippen molar-refractivity contribution in [3.63, 3.8) is 0 Å². The number of fused-ring (bicyclic) bond motifs is 1. The lowest BCUT2D eigenvalue weighted by atomic mass is 10.1. The molecule has 5 N–H and O–H groups in total. The van der Waals surface area contributed by atoms with Gasteiger partial charge in [0.15, 0.2) is 5.82 Å². The summed E-state index contributed by atoms with van der Waals surface area (Å²) in [5.74, 6) is -0.0133. The van der Waals surface area contributed by atoms with E-state index in [9.17, 15) is 29.4 Å². The van der Waals surface area contributed by atoms with E-state index in [1.165, 1.54) is 9.80 Å². The van der Waals surface area contributed by atoms with Gasteiger partial charge in [0.05, 0.1) is 13.3 Å². The number of H-pyrrole nitrogens is 1. The Labute approximate surface area is 135 Å². The van der Waals surface area contributed by atoms with E-state index in [-0.39, 0.29) is 24.1 Å². The zero-order valence-corrected chi connectivity index (χ0v) is 13.5. The van der Waals surface area contributed by atoms with Crippen molar-refractivity contribution >= 4 is 25.0 Å². The first kappa shape index (κ1) is 17.1. The summed E-state index contributed by atoms with van der Waals surface area (Å²) in [4.78, 5) is 44.1. The maximum absolute atomic E-state index is 12.0. The minimum absolute atomic E-state index is 0.0930. The van der Waals surface area contributed by atoms with Crippen LogP contribution in [-0.4, -0.2) is 58.2 Å². The van der Waals surface area contributed by atoms with Crippen LogP contribution in [0.2, 0.25) is 0 Å². The van der Waals surface area contributed by atoms with Crippen LogP contribution in [0.3, 0.4) is 0 Å². The molecule has 3 rings (SSSR count). The lowest BCUT2D eigenvalue weighted by Crippen LogP contribution is -2.47. The van der Waals surface area contributed by atoms with Crippen molar-refractivity contribution in [2.75, 3.05) is 35.9 Å². The van der Waals surface area contributed by atoms with Crippen LogP contribution in [-0.2, 0) is 9.30 Å². The highest BCUT2D eigenvalue weighted by molar-refractivity contribution is 7.50. The summed E-state index contributed by atoms with van der Waals surface area (Å²) in [7, 11) is -3.88. The summed E-state index contributed by atoms with van der Waals surface area (Å²) < 4.78 is 16.8. The van der Waals surface area contributed by atoms with Crippen LogP contribution >= 0.6 is 7.60 Å². The molecule has 24 heavy (non-hydrogen) atoms. The summed E-state index contributed by atoms with van der Waals surface area (Å²) in [6, 6.07) is 0. The minimum atomic E-state index is -5.48. The predicted octanol–water partition coefficient (Wildman–Crippen LogP) is -3.72. The molecule has 1 aromatic heterocycles. The highest BCUT2D eigenvalue weighted by atomic mass is 31.2. The van der Waals surface area contributed by atoms with Gasteiger partial charge in [-0.05, 0) is 7.60 Å². The molecule has 0 radical (unpaired) electrons. The molecule has 13 heteroatoms. The Morgan fingerprint density at radius 2 is 2.25 bits per heavy atom. The molecular formula is C11H16N5O7P-2. The second-order valence-corrected chi connectivity index (χ2v) is 7.54. The third kappa shape index (κ3) is 2.39. The second-order valence-electron chi connectivity index (χ2n) is 5.77. The fourth-order valence-corrected chi connectivity index (χ4v) is 3.88. The van der Waals surface area contributed by atoms with Gasteiger partial charge in [0.25, 0.3) is 5.56 Å². The van der Waals surface area contributed by atoms with Crippen LogP contribution in [0.1, 0.15) is 6.42 Å². The van der Waals surface area contributed by atoms with Crippen molar-refractivity contribution < 1.29 is 29.3 Å². The molecule has 0 amide bonds. The number of nitrogens with zero attached hydrogens (tertiary/aromatic N) is 3. The molecule has 1 saturated heterocycles. The second kappa shape index (κ2) is 5.41. The number of aliphatic hydroxyl groups is 2. The zero-order valence-electron chi connectivity index (χ0n) is 12.6. The van der Waals surface area contributed by atoms with E-state index in [4.69, 9.17) is 10.5 Å². The quantitative estimate of drug-likeness (QED) is 0.387. The molecule has 3 heterocycles. The number of aromatic amines is 1. The molecule has 3 atom stereocenters. The van der Waals surface area contributed by atoms with Gasteiger partial charge in [-0.15, -0.1) is 0 Å². The van der Waals surface area contributed by atoms with Crippen molar-refractivity contribution in [2.24, 2.45) is 0 Å². The van der Waals surface area contributed by atoms with Gasteiger partial charge in [0, 0.05) is 13.5 Å². The van der Waals surface area contributed by atoms with E-state index < -0.39 is 43.9 Å². The first-order valence-corrected chi connectivity index (χ1v) is 8.51. The van der Waals surface area contributed by atoms with E-state index in [0.29, 0.717) is 0 Å². The number of ether oxygens (including phenoxy) is 1. The number of aliphatic hydroxyl groups excluding tert-OH is 1. The minimum Gasteiger partial charge on any atom is -0.809 e. The Morgan fingerprint density at radius 3 is 2.79 bits per heavy atom. The average molecular weight is 361 g/mol. The van der Waals surface area contributed by atoms with Crippen LogP contribution in [0.4, 0.5) is 17.5 Å². The van der Waals surface area contributed by atoms with E-state index >= 15 is 0 Å². The lowest BCUT2D eigenvalue weighted by Gasteiger charge is -2.45. The number of aromatic nitrogens is 2. The monoisotopic (exact) mass is 361 g/mol. The van der Waals surface area contributed by atoms with Crippen LogP contribution in [0, 0.1) is 0 Å². The maximum atomic E-state index is 12.0. The lowest BCUT2D eigenvalue weighted by molar-refractivity contribution is -0.332. The third-order valence-electron chi connectivity index (χ3n) is 4.21. The number of nitrogens with one attached hydrogen (secondary N) is 1. The molecule has 12 nitrogen and oxygen atoms in total. The van der Waals surface area contributed by atoms with Crippen LogP contribution < -0.4 is 30.9 Å². The molecule has 0 aromatic carbocycles. The molecule has 1 aromatic rings. The van der Waals surface area contributed by atoms with Gasteiger partial charge in [0.2, 0.25) is 5.95 Å². The molecule has 134 valence electrons. The first-order chi connectivity index (χ1) is 11.1.